The topological polar surface area (TPSA) is 41.5 Å². The van der Waals surface area contributed by atoms with Gasteiger partial charge in [0.15, 0.2) is 27.1 Å². The third-order valence-electron chi connectivity index (χ3n) is 1.54. The van der Waals surface area contributed by atoms with Gasteiger partial charge in [0.1, 0.15) is 10.4 Å². The van der Waals surface area contributed by atoms with Crippen LogP contribution in [0.5, 0.6) is 11.5 Å². The van der Waals surface area contributed by atoms with E-state index in [4.69, 9.17) is 20.2 Å². The normalized spacial score (nSPS) is 12.3. The van der Waals surface area contributed by atoms with Gasteiger partial charge in [-0.05, 0) is 12.1 Å². The lowest BCUT2D eigenvalue weighted by molar-refractivity contribution is 0.354. The third-order valence-corrected chi connectivity index (χ3v) is 2.70. The molecule has 1 aromatic rings. The Morgan fingerprint density at radius 3 is 2.31 bits per heavy atom. The lowest BCUT2D eigenvalue weighted by atomic mass is 10.3. The molecule has 1 rings (SSSR count). The highest BCUT2D eigenvalue weighted by Gasteiger charge is 2.12. The zero-order valence-corrected chi connectivity index (χ0v) is 8.82. The Morgan fingerprint density at radius 1 is 1.23 bits per heavy atom. The Kier molecular flexibility index (Phi) is 3.71. The van der Waals surface area contributed by atoms with Gasteiger partial charge in [0.05, 0.1) is 14.2 Å². The molecule has 0 aromatic heterocycles. The van der Waals surface area contributed by atoms with Crippen molar-refractivity contribution in [2.24, 2.45) is 0 Å². The number of hydrogen-bond donors (Lipinski definition) is 0. The molecule has 0 fully saturated rings. The van der Waals surface area contributed by atoms with E-state index >= 15 is 0 Å². The summed E-state index contributed by atoms with van der Waals surface area (Å²) in [5.74, 6) is 1.11. The van der Waals surface area contributed by atoms with Crippen LogP contribution >= 0.6 is 10.7 Å². The van der Waals surface area contributed by atoms with E-state index < -0.39 is 10.4 Å². The fourth-order valence-corrected chi connectivity index (χ4v) is 1.58. The van der Waals surface area contributed by atoms with E-state index in [1.165, 1.54) is 14.2 Å². The van der Waals surface area contributed by atoms with Crippen LogP contribution in [-0.2, 0) is 10.4 Å². The van der Waals surface area contributed by atoms with E-state index in [1.54, 1.807) is 18.2 Å². The highest BCUT2D eigenvalue weighted by atomic mass is 35.7. The second-order valence-electron chi connectivity index (χ2n) is 2.24. The van der Waals surface area contributed by atoms with Crippen LogP contribution in [0.25, 0.3) is 0 Å². The molecule has 3 nitrogen and oxygen atoms in total. The van der Waals surface area contributed by atoms with Crippen LogP contribution in [0.4, 0.5) is 0 Å². The number of hydrogen-bond acceptors (Lipinski definition) is 3. The molecular weight excluding hydrogens is 212 g/mol. The highest BCUT2D eigenvalue weighted by molar-refractivity contribution is 8.13. The predicted octanol–water partition coefficient (Wildman–Crippen LogP) is 1.97. The number of rotatable bonds is 3. The van der Waals surface area contributed by atoms with Crippen LogP contribution in [-0.4, -0.2) is 18.8 Å². The van der Waals surface area contributed by atoms with Crippen molar-refractivity contribution in [1.82, 2.24) is 0 Å². The minimum absolute atomic E-state index is 0.499. The fourth-order valence-electron chi connectivity index (χ4n) is 0.916. The van der Waals surface area contributed by atoms with E-state index in [-0.39, 0.29) is 0 Å². The molecule has 0 saturated carbocycles. The molecule has 0 radical (unpaired) electrons. The molecule has 0 saturated heterocycles. The SMILES string of the molecule is COc1ccc([S+]([O-])Cl)cc1OC. The summed E-state index contributed by atoms with van der Waals surface area (Å²) in [5.41, 5.74) is 0. The predicted molar refractivity (Wildman–Crippen MR) is 51.8 cm³/mol. The average molecular weight is 221 g/mol. The van der Waals surface area contributed by atoms with Gasteiger partial charge in [-0.2, -0.15) is 0 Å². The summed E-state index contributed by atoms with van der Waals surface area (Å²) in [4.78, 5) is 0.499. The van der Waals surface area contributed by atoms with Crippen LogP contribution in [0.3, 0.4) is 0 Å². The molecule has 72 valence electrons. The van der Waals surface area contributed by atoms with Gasteiger partial charge in [-0.3, -0.25) is 0 Å². The second-order valence-corrected chi connectivity index (χ2v) is 4.00. The number of ether oxygens (including phenoxy) is 2. The Hall–Kier alpha value is -0.580. The van der Waals surface area contributed by atoms with Crippen molar-refractivity contribution in [3.8, 4) is 11.5 Å². The first-order valence-electron chi connectivity index (χ1n) is 3.49. The molecule has 0 bridgehead atoms. The van der Waals surface area contributed by atoms with Crippen molar-refractivity contribution >= 4 is 21.1 Å². The lowest BCUT2D eigenvalue weighted by Crippen LogP contribution is -1.94. The maximum absolute atomic E-state index is 10.9. The maximum Gasteiger partial charge on any atom is 0.181 e. The Morgan fingerprint density at radius 2 is 1.85 bits per heavy atom. The fraction of sp³-hybridized carbons (Fsp3) is 0.250. The largest absolute Gasteiger partial charge is 0.594 e. The average Bonchev–Trinajstić information content (AvgIpc) is 2.16. The first-order chi connectivity index (χ1) is 6.19. The second kappa shape index (κ2) is 4.60. The third kappa shape index (κ3) is 2.43. The quantitative estimate of drug-likeness (QED) is 0.732. The zero-order chi connectivity index (χ0) is 9.84. The van der Waals surface area contributed by atoms with Gasteiger partial charge in [-0.25, -0.2) is 0 Å². The summed E-state index contributed by atoms with van der Waals surface area (Å²) in [6, 6.07) is 4.88. The van der Waals surface area contributed by atoms with Crippen LogP contribution in [0.2, 0.25) is 0 Å². The zero-order valence-electron chi connectivity index (χ0n) is 7.24. The van der Waals surface area contributed by atoms with E-state index in [0.29, 0.717) is 16.4 Å². The molecule has 0 aliphatic carbocycles. The summed E-state index contributed by atoms with van der Waals surface area (Å²) in [7, 11) is 6.94. The van der Waals surface area contributed by atoms with Crippen molar-refractivity contribution in [1.29, 1.82) is 0 Å². The van der Waals surface area contributed by atoms with Crippen LogP contribution in [0.1, 0.15) is 0 Å². The van der Waals surface area contributed by atoms with Crippen molar-refractivity contribution in [2.45, 2.75) is 4.90 Å². The van der Waals surface area contributed by atoms with Crippen molar-refractivity contribution in [3.05, 3.63) is 18.2 Å². The highest BCUT2D eigenvalue weighted by Crippen LogP contribution is 2.30. The molecule has 13 heavy (non-hydrogen) atoms. The van der Waals surface area contributed by atoms with Gasteiger partial charge < -0.3 is 14.0 Å². The van der Waals surface area contributed by atoms with Gasteiger partial charge >= 0.3 is 0 Å². The van der Waals surface area contributed by atoms with Crippen molar-refractivity contribution in [3.63, 3.8) is 0 Å². The molecule has 0 heterocycles. The molecular formula is C8H9ClO3S. The molecule has 0 aliphatic rings. The van der Waals surface area contributed by atoms with E-state index in [1.807, 2.05) is 0 Å². The van der Waals surface area contributed by atoms with Crippen molar-refractivity contribution in [2.75, 3.05) is 14.2 Å². The van der Waals surface area contributed by atoms with Gasteiger partial charge in [0, 0.05) is 6.07 Å². The maximum atomic E-state index is 10.9. The Bertz CT molecular complexity index is 291. The minimum Gasteiger partial charge on any atom is -0.594 e. The number of halogens is 1. The molecule has 0 spiro atoms. The van der Waals surface area contributed by atoms with E-state index in [0.717, 1.165) is 0 Å². The summed E-state index contributed by atoms with van der Waals surface area (Å²) >= 11 is 0. The first kappa shape index (κ1) is 10.5. The Labute approximate surface area is 84.3 Å². The van der Waals surface area contributed by atoms with Gasteiger partial charge in [0.25, 0.3) is 0 Å². The molecule has 0 amide bonds. The molecule has 1 aromatic carbocycles. The van der Waals surface area contributed by atoms with Crippen molar-refractivity contribution < 1.29 is 14.0 Å². The number of methoxy groups -OCH3 is 2. The van der Waals surface area contributed by atoms with Gasteiger partial charge in [-0.1, -0.05) is 0 Å². The summed E-state index contributed by atoms with van der Waals surface area (Å²) < 4.78 is 20.9. The minimum atomic E-state index is -1.51. The summed E-state index contributed by atoms with van der Waals surface area (Å²) in [6.07, 6.45) is 0. The van der Waals surface area contributed by atoms with Gasteiger partial charge in [-0.15, -0.1) is 0 Å². The standard InChI is InChI=1S/C8H9ClO3S/c1-11-7-4-3-6(13(9)10)5-8(7)12-2/h3-5H,1-2H3. The van der Waals surface area contributed by atoms with Crippen LogP contribution in [0, 0.1) is 0 Å². The van der Waals surface area contributed by atoms with E-state index in [9.17, 15) is 4.55 Å². The van der Waals surface area contributed by atoms with Crippen LogP contribution < -0.4 is 9.47 Å². The lowest BCUT2D eigenvalue weighted by Gasteiger charge is -2.07. The monoisotopic (exact) mass is 220 g/mol. The van der Waals surface area contributed by atoms with Gasteiger partial charge in [0.2, 0.25) is 0 Å². The number of benzene rings is 1. The molecule has 5 heteroatoms. The Balaban J connectivity index is 3.05. The molecule has 0 aliphatic heterocycles. The smallest absolute Gasteiger partial charge is 0.181 e. The molecule has 0 N–H and O–H groups in total. The van der Waals surface area contributed by atoms with E-state index in [2.05, 4.69) is 0 Å². The first-order valence-corrected chi connectivity index (χ1v) is 5.46. The molecule has 1 atom stereocenters. The summed E-state index contributed by atoms with van der Waals surface area (Å²) in [5, 5.41) is 0. The summed E-state index contributed by atoms with van der Waals surface area (Å²) in [6.45, 7) is 0. The molecule has 1 unspecified atom stereocenters. The van der Waals surface area contributed by atoms with Crippen LogP contribution in [0.15, 0.2) is 23.1 Å².